The monoisotopic (exact) mass is 818 g/mol. The van der Waals surface area contributed by atoms with Gasteiger partial charge in [0.2, 0.25) is 11.9 Å². The van der Waals surface area contributed by atoms with E-state index in [-0.39, 0.29) is 0 Å². The smallest absolute Gasteiger partial charge is 0.249 e. The number of nitrogens with one attached hydrogen (secondary N) is 6. The highest BCUT2D eigenvalue weighted by Gasteiger charge is 2.37. The molecular formula is C43H45FN17+. The predicted molar refractivity (Wildman–Crippen MR) is 227 cm³/mol. The van der Waals surface area contributed by atoms with Crippen LogP contribution in [0, 0.1) is 5.82 Å². The van der Waals surface area contributed by atoms with Crippen molar-refractivity contribution in [3.63, 3.8) is 0 Å². The van der Waals surface area contributed by atoms with E-state index in [1.165, 1.54) is 31.7 Å². The standard InChI is InChI=1S/C43H44FN17/c1-59(28-9-24-3-4-25(10-28)51-24)37-8-7-35(53-54-37)31-13-34(44)39(23-17-48-49-18-23)33-21-61(58-41(31)33)36-14-30(22-15-46-47-16-22)32-19-50-56-42(32)40(36)43-45-20-38(55-57-43)60(2)29-11-26-5-6-27(12-29)52-26/h7-8,13-21,24-29,51-52H,3-6,9-12H2,1-2H3,(H3,45,46,47,48,49,50,53,54,55,56,57,58)/p+1/t24-,25+,26-,27+,28?,29?. The van der Waals surface area contributed by atoms with Gasteiger partial charge in [0.25, 0.3) is 0 Å². The lowest BCUT2D eigenvalue weighted by Crippen LogP contribution is -2.47. The molecule has 6 N–H and O–H groups in total. The molecular weight excluding hydrogens is 774 g/mol. The molecule has 0 amide bonds. The Labute approximate surface area is 349 Å². The molecule has 4 aliphatic rings. The van der Waals surface area contributed by atoms with Crippen molar-refractivity contribution in [1.29, 1.82) is 0 Å². The number of H-pyrrole nitrogens is 4. The summed E-state index contributed by atoms with van der Waals surface area (Å²) in [7, 11) is 4.18. The maximum absolute atomic E-state index is 16.6. The van der Waals surface area contributed by atoms with Crippen LogP contribution in [0.4, 0.5) is 16.0 Å². The Balaban J connectivity index is 0.987. The molecule has 2 unspecified atom stereocenters. The van der Waals surface area contributed by atoms with E-state index in [4.69, 9.17) is 25.4 Å². The number of aromatic amines is 4. The highest BCUT2D eigenvalue weighted by Crippen LogP contribution is 2.40. The average molecular weight is 819 g/mol. The number of anilines is 2. The van der Waals surface area contributed by atoms with Gasteiger partial charge in [-0.05, 0) is 69.6 Å². The van der Waals surface area contributed by atoms with Crippen molar-refractivity contribution in [1.82, 2.24) is 71.7 Å². The van der Waals surface area contributed by atoms with E-state index in [2.05, 4.69) is 70.2 Å². The predicted octanol–water partition coefficient (Wildman–Crippen LogP) is 4.99. The van der Waals surface area contributed by atoms with E-state index in [1.54, 1.807) is 31.0 Å². The Morgan fingerprint density at radius 3 is 1.95 bits per heavy atom. The Bertz CT molecular complexity index is 2850. The fourth-order valence-corrected chi connectivity index (χ4v) is 10.6. The minimum Gasteiger partial charge on any atom is -0.355 e. The molecule has 0 spiro atoms. The molecule has 2 aromatic carbocycles. The summed E-state index contributed by atoms with van der Waals surface area (Å²) in [6.45, 7) is 0. The lowest BCUT2D eigenvalue weighted by atomic mass is 9.98. The van der Waals surface area contributed by atoms with Gasteiger partial charge < -0.3 is 20.4 Å². The molecule has 12 rings (SSSR count). The first-order chi connectivity index (χ1) is 29.9. The highest BCUT2D eigenvalue weighted by molar-refractivity contribution is 6.05. The zero-order valence-electron chi connectivity index (χ0n) is 33.8. The topological polar surface area (TPSA) is 201 Å². The molecule has 308 valence electrons. The van der Waals surface area contributed by atoms with Crippen LogP contribution in [0.2, 0.25) is 0 Å². The van der Waals surface area contributed by atoms with Gasteiger partial charge in [-0.2, -0.15) is 20.4 Å². The van der Waals surface area contributed by atoms with E-state index >= 15 is 4.39 Å². The Morgan fingerprint density at radius 1 is 0.656 bits per heavy atom. The second kappa shape index (κ2) is 14.2. The average Bonchev–Trinajstić information content (AvgIpc) is 4.16. The fourth-order valence-electron chi connectivity index (χ4n) is 10.6. The molecule has 17 nitrogen and oxygen atoms in total. The van der Waals surface area contributed by atoms with E-state index in [0.29, 0.717) is 92.1 Å². The van der Waals surface area contributed by atoms with Crippen molar-refractivity contribution < 1.29 is 9.07 Å². The third-order valence-electron chi connectivity index (χ3n) is 13.8. The van der Waals surface area contributed by atoms with Crippen molar-refractivity contribution in [2.45, 2.75) is 87.6 Å². The SMILES string of the molecule is CN(c1ccc(-c2cc(F)c(-c3cn[nH]c3)c3c[n+](-c4cc(-c5cn[nH]c5)c5cn[nH]c5c4-c4ncc(N(C)C5C[C@H]6CC[C@@H](C5)N6)nn4)[nH]c23)nn1)C1C[C@H]2CC[C@@H](C1)N2. The van der Waals surface area contributed by atoms with Crippen molar-refractivity contribution in [3.8, 4) is 50.6 Å². The first-order valence-corrected chi connectivity index (χ1v) is 21.2. The van der Waals surface area contributed by atoms with Gasteiger partial charge in [0, 0.05) is 102 Å². The van der Waals surface area contributed by atoms with Crippen LogP contribution in [0.1, 0.15) is 51.4 Å². The molecule has 6 aromatic heterocycles. The summed E-state index contributed by atoms with van der Waals surface area (Å²) in [5, 5.41) is 53.5. The van der Waals surface area contributed by atoms with Gasteiger partial charge in [-0.15, -0.1) is 20.4 Å². The van der Waals surface area contributed by atoms with Crippen LogP contribution in [-0.4, -0.2) is 111 Å². The quantitative estimate of drug-likeness (QED) is 0.107. The van der Waals surface area contributed by atoms with E-state index < -0.39 is 5.82 Å². The zero-order chi connectivity index (χ0) is 40.8. The lowest BCUT2D eigenvalue weighted by Gasteiger charge is -2.36. The molecule has 4 aliphatic heterocycles. The molecule has 0 aliphatic carbocycles. The number of halogens is 1. The van der Waals surface area contributed by atoms with Crippen molar-refractivity contribution >= 4 is 33.4 Å². The second-order valence-electron chi connectivity index (χ2n) is 17.3. The normalized spacial score (nSPS) is 23.3. The highest BCUT2D eigenvalue weighted by atomic mass is 19.1. The Kier molecular flexibility index (Phi) is 8.45. The van der Waals surface area contributed by atoms with Crippen LogP contribution >= 0.6 is 0 Å². The summed E-state index contributed by atoms with van der Waals surface area (Å²) >= 11 is 0. The van der Waals surface area contributed by atoms with Crippen LogP contribution < -0.4 is 25.1 Å². The first kappa shape index (κ1) is 36.2. The molecule has 8 aromatic rings. The summed E-state index contributed by atoms with van der Waals surface area (Å²) in [6.07, 6.45) is 21.6. The van der Waals surface area contributed by atoms with Crippen molar-refractivity contribution in [3.05, 3.63) is 73.5 Å². The molecule has 4 saturated heterocycles. The molecule has 4 fully saturated rings. The largest absolute Gasteiger partial charge is 0.355 e. The first-order valence-electron chi connectivity index (χ1n) is 21.2. The summed E-state index contributed by atoms with van der Waals surface area (Å²) in [4.78, 5) is 9.42. The summed E-state index contributed by atoms with van der Waals surface area (Å²) < 4.78 is 18.5. The number of piperidine rings is 2. The molecule has 61 heavy (non-hydrogen) atoms. The minimum absolute atomic E-state index is 0.358. The van der Waals surface area contributed by atoms with Gasteiger partial charge in [-0.25, -0.2) is 9.37 Å². The van der Waals surface area contributed by atoms with Crippen LogP contribution in [0.5, 0.6) is 0 Å². The molecule has 10 heterocycles. The molecule has 4 bridgehead atoms. The number of nitrogens with zero attached hydrogens (tertiary/aromatic N) is 11. The number of aromatic nitrogens is 13. The van der Waals surface area contributed by atoms with Crippen molar-refractivity contribution in [2.24, 2.45) is 0 Å². The number of benzene rings is 2. The second-order valence-corrected chi connectivity index (χ2v) is 17.3. The van der Waals surface area contributed by atoms with Gasteiger partial charge in [-0.3, -0.25) is 15.3 Å². The van der Waals surface area contributed by atoms with Gasteiger partial charge in [0.15, 0.2) is 17.5 Å². The van der Waals surface area contributed by atoms with E-state index in [1.807, 2.05) is 35.3 Å². The lowest BCUT2D eigenvalue weighted by molar-refractivity contribution is -0.652. The maximum Gasteiger partial charge on any atom is 0.249 e. The molecule has 0 radical (unpaired) electrons. The number of rotatable bonds is 9. The summed E-state index contributed by atoms with van der Waals surface area (Å²) in [5.74, 6) is 1.50. The number of hydrogen-bond donors (Lipinski definition) is 6. The van der Waals surface area contributed by atoms with Crippen LogP contribution in [0.3, 0.4) is 0 Å². The van der Waals surface area contributed by atoms with Gasteiger partial charge >= 0.3 is 0 Å². The molecule has 18 heteroatoms. The minimum atomic E-state index is -0.416. The Hall–Kier alpha value is -6.66. The zero-order valence-corrected chi connectivity index (χ0v) is 33.8. The van der Waals surface area contributed by atoms with Crippen LogP contribution in [-0.2, 0) is 0 Å². The van der Waals surface area contributed by atoms with Gasteiger partial charge in [-0.1, -0.05) is 4.68 Å². The Morgan fingerprint density at radius 2 is 1.33 bits per heavy atom. The fraction of sp³-hybridized carbons (Fsp3) is 0.372. The van der Waals surface area contributed by atoms with E-state index in [0.717, 1.165) is 53.8 Å². The van der Waals surface area contributed by atoms with Crippen LogP contribution in [0.25, 0.3) is 72.4 Å². The van der Waals surface area contributed by atoms with Gasteiger partial charge in [0.1, 0.15) is 16.9 Å². The van der Waals surface area contributed by atoms with Gasteiger partial charge in [0.05, 0.1) is 41.4 Å². The third kappa shape index (κ3) is 6.14. The summed E-state index contributed by atoms with van der Waals surface area (Å²) in [6, 6.07) is 10.4. The third-order valence-corrected chi connectivity index (χ3v) is 13.8. The molecule has 6 atom stereocenters. The molecule has 0 saturated carbocycles. The van der Waals surface area contributed by atoms with E-state index in [9.17, 15) is 0 Å². The summed E-state index contributed by atoms with van der Waals surface area (Å²) in [5.41, 5.74) is 6.58. The maximum atomic E-state index is 16.6. The number of fused-ring (bicyclic) bond motifs is 6. The van der Waals surface area contributed by atoms with Crippen molar-refractivity contribution in [2.75, 3.05) is 23.9 Å². The van der Waals surface area contributed by atoms with Crippen LogP contribution in [0.15, 0.2) is 67.6 Å². The number of hydrogen-bond acceptors (Lipinski definition) is 12.